The molecule has 0 spiro atoms. The van der Waals surface area contributed by atoms with Crippen LogP contribution in [-0.4, -0.2) is 31.9 Å². The van der Waals surface area contributed by atoms with Gasteiger partial charge in [-0.3, -0.25) is 0 Å². The molecule has 0 saturated carbocycles. The third kappa shape index (κ3) is 3.47. The fourth-order valence-electron chi connectivity index (χ4n) is 2.75. The van der Waals surface area contributed by atoms with E-state index < -0.39 is 0 Å². The predicted molar refractivity (Wildman–Crippen MR) is 75.8 cm³/mol. The van der Waals surface area contributed by atoms with Gasteiger partial charge in [-0.05, 0) is 49.9 Å². The highest BCUT2D eigenvalue weighted by atomic mass is 16.3. The maximum Gasteiger partial charge on any atom is 0.0434 e. The Morgan fingerprint density at radius 2 is 2.11 bits per heavy atom. The Balaban J connectivity index is 1.97. The fourth-order valence-corrected chi connectivity index (χ4v) is 2.75. The zero-order valence-electron chi connectivity index (χ0n) is 11.2. The lowest BCUT2D eigenvalue weighted by molar-refractivity contribution is 0.244. The van der Waals surface area contributed by atoms with Crippen molar-refractivity contribution in [1.29, 1.82) is 0 Å². The number of nitrogens with one attached hydrogen (secondary N) is 1. The molecule has 1 aromatic rings. The van der Waals surface area contributed by atoms with Crippen molar-refractivity contribution in [2.45, 2.75) is 25.8 Å². The normalized spacial score (nSPS) is 20.1. The van der Waals surface area contributed by atoms with Gasteiger partial charge in [0.15, 0.2) is 0 Å². The maximum absolute atomic E-state index is 9.05. The molecule has 0 aromatic heterocycles. The van der Waals surface area contributed by atoms with Gasteiger partial charge in [0, 0.05) is 31.9 Å². The van der Waals surface area contributed by atoms with Crippen molar-refractivity contribution in [3.05, 3.63) is 29.8 Å². The van der Waals surface area contributed by atoms with Crippen molar-refractivity contribution < 1.29 is 5.11 Å². The summed E-state index contributed by atoms with van der Waals surface area (Å²) in [6.07, 6.45) is 3.44. The van der Waals surface area contributed by atoms with Crippen molar-refractivity contribution in [2.24, 2.45) is 5.92 Å². The standard InChI is InChI=1S/C15H24N2O/c1-16-11-13-4-6-15(7-5-13)17-9-2-3-14(12-17)8-10-18/h4-7,14,16,18H,2-3,8-12H2,1H3. The van der Waals surface area contributed by atoms with Gasteiger partial charge in [0.1, 0.15) is 0 Å². The van der Waals surface area contributed by atoms with Crippen LogP contribution in [0.15, 0.2) is 24.3 Å². The van der Waals surface area contributed by atoms with E-state index in [2.05, 4.69) is 34.5 Å². The van der Waals surface area contributed by atoms with Gasteiger partial charge >= 0.3 is 0 Å². The highest BCUT2D eigenvalue weighted by molar-refractivity contribution is 5.48. The second-order valence-corrected chi connectivity index (χ2v) is 5.16. The monoisotopic (exact) mass is 248 g/mol. The van der Waals surface area contributed by atoms with Crippen LogP contribution in [0, 0.1) is 5.92 Å². The molecule has 1 aliphatic rings. The number of anilines is 1. The molecule has 1 atom stereocenters. The van der Waals surface area contributed by atoms with Crippen molar-refractivity contribution in [3.63, 3.8) is 0 Å². The molecule has 0 amide bonds. The molecule has 18 heavy (non-hydrogen) atoms. The van der Waals surface area contributed by atoms with E-state index in [4.69, 9.17) is 5.11 Å². The highest BCUT2D eigenvalue weighted by Crippen LogP contribution is 2.25. The van der Waals surface area contributed by atoms with E-state index in [0.717, 1.165) is 26.1 Å². The summed E-state index contributed by atoms with van der Waals surface area (Å²) >= 11 is 0. The van der Waals surface area contributed by atoms with Crippen LogP contribution in [0.25, 0.3) is 0 Å². The summed E-state index contributed by atoms with van der Waals surface area (Å²) in [6.45, 7) is 3.48. The van der Waals surface area contributed by atoms with Crippen LogP contribution in [0.3, 0.4) is 0 Å². The van der Waals surface area contributed by atoms with E-state index in [9.17, 15) is 0 Å². The first-order valence-corrected chi connectivity index (χ1v) is 6.93. The molecule has 1 fully saturated rings. The molecule has 2 rings (SSSR count). The summed E-state index contributed by atoms with van der Waals surface area (Å²) in [5, 5.41) is 12.2. The Kier molecular flexibility index (Phi) is 5.02. The minimum Gasteiger partial charge on any atom is -0.396 e. The van der Waals surface area contributed by atoms with Gasteiger partial charge in [0.05, 0.1) is 0 Å². The van der Waals surface area contributed by atoms with Crippen LogP contribution in [0.2, 0.25) is 0 Å². The number of rotatable bonds is 5. The summed E-state index contributed by atoms with van der Waals surface area (Å²) in [6, 6.07) is 8.82. The molecular formula is C15H24N2O. The molecule has 0 radical (unpaired) electrons. The molecule has 3 nitrogen and oxygen atoms in total. The largest absolute Gasteiger partial charge is 0.396 e. The summed E-state index contributed by atoms with van der Waals surface area (Å²) < 4.78 is 0. The molecule has 1 aromatic carbocycles. The lowest BCUT2D eigenvalue weighted by Gasteiger charge is -2.34. The van der Waals surface area contributed by atoms with E-state index in [1.54, 1.807) is 0 Å². The van der Waals surface area contributed by atoms with Crippen molar-refractivity contribution >= 4 is 5.69 Å². The topological polar surface area (TPSA) is 35.5 Å². The van der Waals surface area contributed by atoms with Gasteiger partial charge in [0.2, 0.25) is 0 Å². The Bertz CT molecular complexity index is 348. The number of aliphatic hydroxyl groups excluding tert-OH is 1. The van der Waals surface area contributed by atoms with Gasteiger partial charge in [-0.2, -0.15) is 0 Å². The molecular weight excluding hydrogens is 224 g/mol. The number of hydrogen-bond donors (Lipinski definition) is 2. The minimum atomic E-state index is 0.319. The Morgan fingerprint density at radius 1 is 1.33 bits per heavy atom. The molecule has 1 aliphatic heterocycles. The summed E-state index contributed by atoms with van der Waals surface area (Å²) in [5.41, 5.74) is 2.64. The fraction of sp³-hybridized carbons (Fsp3) is 0.600. The molecule has 0 aliphatic carbocycles. The summed E-state index contributed by atoms with van der Waals surface area (Å²) in [7, 11) is 1.97. The molecule has 1 heterocycles. The zero-order valence-corrected chi connectivity index (χ0v) is 11.2. The van der Waals surface area contributed by atoms with E-state index in [1.165, 1.54) is 24.1 Å². The molecule has 100 valence electrons. The number of aliphatic hydroxyl groups is 1. The molecule has 1 saturated heterocycles. The van der Waals surface area contributed by atoms with Crippen LogP contribution >= 0.6 is 0 Å². The van der Waals surface area contributed by atoms with E-state index >= 15 is 0 Å². The van der Waals surface area contributed by atoms with E-state index in [1.807, 2.05) is 7.05 Å². The lowest BCUT2D eigenvalue weighted by atomic mass is 9.94. The van der Waals surface area contributed by atoms with Crippen LogP contribution in [0.1, 0.15) is 24.8 Å². The number of hydrogen-bond acceptors (Lipinski definition) is 3. The van der Waals surface area contributed by atoms with Crippen molar-refractivity contribution in [3.8, 4) is 0 Å². The van der Waals surface area contributed by atoms with Crippen LogP contribution in [0.4, 0.5) is 5.69 Å². The van der Waals surface area contributed by atoms with E-state index in [0.29, 0.717) is 12.5 Å². The van der Waals surface area contributed by atoms with Gasteiger partial charge in [-0.25, -0.2) is 0 Å². The van der Waals surface area contributed by atoms with Crippen molar-refractivity contribution in [2.75, 3.05) is 31.6 Å². The van der Waals surface area contributed by atoms with Gasteiger partial charge < -0.3 is 15.3 Å². The number of nitrogens with zero attached hydrogens (tertiary/aromatic N) is 1. The average Bonchev–Trinajstić information content (AvgIpc) is 2.41. The van der Waals surface area contributed by atoms with Gasteiger partial charge in [-0.15, -0.1) is 0 Å². The summed E-state index contributed by atoms with van der Waals surface area (Å²) in [4.78, 5) is 2.45. The first kappa shape index (κ1) is 13.4. The number of benzene rings is 1. The highest BCUT2D eigenvalue weighted by Gasteiger charge is 2.19. The molecule has 0 bridgehead atoms. The van der Waals surface area contributed by atoms with Gasteiger partial charge in [0.25, 0.3) is 0 Å². The second kappa shape index (κ2) is 6.76. The van der Waals surface area contributed by atoms with Crippen LogP contribution in [-0.2, 0) is 6.54 Å². The quantitative estimate of drug-likeness (QED) is 0.836. The lowest BCUT2D eigenvalue weighted by Crippen LogP contribution is -2.35. The van der Waals surface area contributed by atoms with Crippen LogP contribution < -0.4 is 10.2 Å². The van der Waals surface area contributed by atoms with Gasteiger partial charge in [-0.1, -0.05) is 12.1 Å². The number of piperidine rings is 1. The Morgan fingerprint density at radius 3 is 2.78 bits per heavy atom. The molecule has 3 heteroatoms. The predicted octanol–water partition coefficient (Wildman–Crippen LogP) is 2.00. The molecule has 2 N–H and O–H groups in total. The second-order valence-electron chi connectivity index (χ2n) is 5.16. The Labute approximate surface area is 110 Å². The van der Waals surface area contributed by atoms with E-state index in [-0.39, 0.29) is 0 Å². The zero-order chi connectivity index (χ0) is 12.8. The first-order valence-electron chi connectivity index (χ1n) is 6.93. The van der Waals surface area contributed by atoms with Crippen molar-refractivity contribution in [1.82, 2.24) is 5.32 Å². The minimum absolute atomic E-state index is 0.319. The van der Waals surface area contributed by atoms with Crippen LogP contribution in [0.5, 0.6) is 0 Å². The average molecular weight is 248 g/mol. The third-order valence-electron chi connectivity index (χ3n) is 3.74. The summed E-state index contributed by atoms with van der Waals surface area (Å²) in [5.74, 6) is 0.653. The first-order chi connectivity index (χ1) is 8.83. The smallest absolute Gasteiger partial charge is 0.0434 e. The Hall–Kier alpha value is -1.06. The third-order valence-corrected chi connectivity index (χ3v) is 3.74. The molecule has 1 unspecified atom stereocenters. The SMILES string of the molecule is CNCc1ccc(N2CCCC(CCO)C2)cc1. The maximum atomic E-state index is 9.05.